The summed E-state index contributed by atoms with van der Waals surface area (Å²) in [6.45, 7) is 6.01. The monoisotopic (exact) mass is 257 g/mol. The number of nitriles is 1. The van der Waals surface area contributed by atoms with Crippen LogP contribution in [0.1, 0.15) is 40.0 Å². The average Bonchev–Trinajstić information content (AvgIpc) is 2.22. The van der Waals surface area contributed by atoms with Gasteiger partial charge >= 0.3 is 0 Å². The van der Waals surface area contributed by atoms with Crippen LogP contribution < -0.4 is 11.1 Å². The van der Waals surface area contributed by atoms with Gasteiger partial charge in [0.25, 0.3) is 0 Å². The molecule has 4 nitrogen and oxygen atoms in total. The fourth-order valence-corrected chi connectivity index (χ4v) is 2.41. The number of primary amides is 1. The third kappa shape index (κ3) is 9.02. The van der Waals surface area contributed by atoms with E-state index in [4.69, 9.17) is 11.0 Å². The third-order valence-electron chi connectivity index (χ3n) is 2.31. The van der Waals surface area contributed by atoms with Crippen LogP contribution in [-0.4, -0.2) is 29.0 Å². The van der Waals surface area contributed by atoms with E-state index in [0.29, 0.717) is 11.8 Å². The van der Waals surface area contributed by atoms with Crippen molar-refractivity contribution in [2.75, 3.05) is 11.5 Å². The Labute approximate surface area is 108 Å². The largest absolute Gasteiger partial charge is 0.369 e. The van der Waals surface area contributed by atoms with Crippen LogP contribution in [0.15, 0.2) is 0 Å². The van der Waals surface area contributed by atoms with Gasteiger partial charge in [0.05, 0.1) is 11.8 Å². The van der Waals surface area contributed by atoms with Gasteiger partial charge in [-0.05, 0) is 45.8 Å². The molecule has 17 heavy (non-hydrogen) atoms. The molecule has 0 aromatic carbocycles. The van der Waals surface area contributed by atoms with Gasteiger partial charge in [-0.15, -0.1) is 0 Å². The summed E-state index contributed by atoms with van der Waals surface area (Å²) in [6, 6.07) is 2.64. The quantitative estimate of drug-likeness (QED) is 0.616. The topological polar surface area (TPSA) is 78.9 Å². The lowest BCUT2D eigenvalue weighted by Crippen LogP contribution is -2.44. The number of unbranched alkanes of at least 4 members (excludes halogenated alkanes) is 1. The van der Waals surface area contributed by atoms with Crippen molar-refractivity contribution in [2.45, 2.75) is 51.6 Å². The molecule has 98 valence electrons. The van der Waals surface area contributed by atoms with Crippen LogP contribution >= 0.6 is 11.8 Å². The molecule has 0 aliphatic rings. The van der Waals surface area contributed by atoms with Crippen LogP contribution in [0.25, 0.3) is 0 Å². The molecule has 1 unspecified atom stereocenters. The third-order valence-corrected chi connectivity index (χ3v) is 3.38. The first kappa shape index (κ1) is 16.3. The van der Waals surface area contributed by atoms with Crippen molar-refractivity contribution in [3.8, 4) is 6.07 Å². The molecule has 0 rings (SSSR count). The summed E-state index contributed by atoms with van der Waals surface area (Å²) in [5.41, 5.74) is 4.60. The van der Waals surface area contributed by atoms with Crippen molar-refractivity contribution in [3.05, 3.63) is 0 Å². The van der Waals surface area contributed by atoms with Gasteiger partial charge in [0.2, 0.25) is 5.91 Å². The lowest BCUT2D eigenvalue weighted by Gasteiger charge is -2.25. The Kier molecular flexibility index (Phi) is 8.01. The zero-order chi connectivity index (χ0) is 13.3. The molecule has 0 aliphatic carbocycles. The first-order valence-corrected chi connectivity index (χ1v) is 7.10. The van der Waals surface area contributed by atoms with Crippen LogP contribution in [0.2, 0.25) is 0 Å². The molecule has 3 N–H and O–H groups in total. The molecule has 5 heteroatoms. The van der Waals surface area contributed by atoms with E-state index in [1.807, 2.05) is 20.8 Å². The number of thioether (sulfide) groups is 1. The molecular weight excluding hydrogens is 234 g/mol. The van der Waals surface area contributed by atoms with E-state index in [1.54, 1.807) is 11.8 Å². The molecule has 0 saturated carbocycles. The van der Waals surface area contributed by atoms with Gasteiger partial charge in [-0.1, -0.05) is 0 Å². The number of hydrogen-bond acceptors (Lipinski definition) is 4. The van der Waals surface area contributed by atoms with Crippen molar-refractivity contribution < 1.29 is 4.79 Å². The fraction of sp³-hybridized carbons (Fsp3) is 0.833. The Morgan fingerprint density at radius 3 is 2.65 bits per heavy atom. The molecule has 0 heterocycles. The minimum atomic E-state index is -0.442. The van der Waals surface area contributed by atoms with E-state index >= 15 is 0 Å². The predicted octanol–water partition coefficient (Wildman–Crippen LogP) is 1.66. The maximum atomic E-state index is 10.5. The van der Waals surface area contributed by atoms with E-state index < -0.39 is 5.54 Å². The highest BCUT2D eigenvalue weighted by Gasteiger charge is 2.23. The van der Waals surface area contributed by atoms with Crippen molar-refractivity contribution in [1.29, 1.82) is 5.26 Å². The predicted molar refractivity (Wildman–Crippen MR) is 72.7 cm³/mol. The van der Waals surface area contributed by atoms with Crippen molar-refractivity contribution in [1.82, 2.24) is 5.32 Å². The van der Waals surface area contributed by atoms with E-state index in [-0.39, 0.29) is 5.91 Å². The van der Waals surface area contributed by atoms with E-state index in [9.17, 15) is 4.79 Å². The van der Waals surface area contributed by atoms with Crippen LogP contribution in [0.5, 0.6) is 0 Å². The summed E-state index contributed by atoms with van der Waals surface area (Å²) in [5, 5.41) is 12.4. The second kappa shape index (κ2) is 8.37. The van der Waals surface area contributed by atoms with Gasteiger partial charge < -0.3 is 5.73 Å². The summed E-state index contributed by atoms with van der Waals surface area (Å²) in [4.78, 5) is 10.5. The number of nitrogens with one attached hydrogen (secondary N) is 1. The molecule has 0 aromatic rings. The standard InChI is InChI=1S/C12H23N3OS/c1-10(2)15-12(3,9-13)6-4-5-7-17-8-11(14)16/h10,15H,4-8H2,1-3H3,(H2,14,16). The maximum Gasteiger partial charge on any atom is 0.227 e. The van der Waals surface area contributed by atoms with Crippen LogP contribution in [-0.2, 0) is 4.79 Å². The molecule has 1 amide bonds. The number of carbonyl (C=O) groups is 1. The van der Waals surface area contributed by atoms with Crippen molar-refractivity contribution in [2.24, 2.45) is 5.73 Å². The Hall–Kier alpha value is -0.730. The highest BCUT2D eigenvalue weighted by Crippen LogP contribution is 2.15. The molecule has 0 aromatic heterocycles. The second-order valence-corrected chi connectivity index (χ2v) is 5.82. The Morgan fingerprint density at radius 1 is 1.53 bits per heavy atom. The summed E-state index contributed by atoms with van der Waals surface area (Å²) in [7, 11) is 0. The maximum absolute atomic E-state index is 10.5. The minimum absolute atomic E-state index is 0.265. The number of amides is 1. The molecule has 0 bridgehead atoms. The zero-order valence-electron chi connectivity index (χ0n) is 11.0. The van der Waals surface area contributed by atoms with Crippen LogP contribution in [0, 0.1) is 11.3 Å². The highest BCUT2D eigenvalue weighted by atomic mass is 32.2. The number of hydrogen-bond donors (Lipinski definition) is 2. The average molecular weight is 257 g/mol. The fourth-order valence-electron chi connectivity index (χ4n) is 1.65. The number of nitrogens with zero attached hydrogens (tertiary/aromatic N) is 1. The van der Waals surface area contributed by atoms with E-state index in [1.165, 1.54) is 0 Å². The molecule has 0 aliphatic heterocycles. The molecule has 0 radical (unpaired) electrons. The number of rotatable bonds is 9. The van der Waals surface area contributed by atoms with Gasteiger partial charge in [0, 0.05) is 6.04 Å². The van der Waals surface area contributed by atoms with Crippen molar-refractivity contribution >= 4 is 17.7 Å². The molecule has 0 spiro atoms. The first-order chi connectivity index (χ1) is 7.89. The molecule has 0 saturated heterocycles. The van der Waals surface area contributed by atoms with Crippen LogP contribution in [0.4, 0.5) is 0 Å². The lowest BCUT2D eigenvalue weighted by molar-refractivity contribution is -0.115. The summed E-state index contributed by atoms with van der Waals surface area (Å²) in [6.07, 6.45) is 2.82. The number of carbonyl (C=O) groups excluding carboxylic acids is 1. The summed E-state index contributed by atoms with van der Waals surface area (Å²) in [5.74, 6) is 1.05. The second-order valence-electron chi connectivity index (χ2n) is 4.72. The van der Waals surface area contributed by atoms with E-state index in [0.717, 1.165) is 25.0 Å². The number of nitrogens with two attached hydrogens (primary N) is 1. The van der Waals surface area contributed by atoms with Gasteiger partial charge in [-0.25, -0.2) is 0 Å². The minimum Gasteiger partial charge on any atom is -0.369 e. The zero-order valence-corrected chi connectivity index (χ0v) is 11.8. The SMILES string of the molecule is CC(C)NC(C)(C#N)CCCCSCC(N)=O. The smallest absolute Gasteiger partial charge is 0.227 e. The van der Waals surface area contributed by atoms with Gasteiger partial charge in [-0.3, -0.25) is 10.1 Å². The summed E-state index contributed by atoms with van der Waals surface area (Å²) < 4.78 is 0. The Morgan fingerprint density at radius 2 is 2.18 bits per heavy atom. The van der Waals surface area contributed by atoms with Gasteiger partial charge in [0.1, 0.15) is 5.54 Å². The van der Waals surface area contributed by atoms with Gasteiger partial charge in [-0.2, -0.15) is 17.0 Å². The molecule has 0 fully saturated rings. The first-order valence-electron chi connectivity index (χ1n) is 5.94. The normalized spacial score (nSPS) is 14.3. The van der Waals surface area contributed by atoms with E-state index in [2.05, 4.69) is 11.4 Å². The van der Waals surface area contributed by atoms with Crippen LogP contribution in [0.3, 0.4) is 0 Å². The van der Waals surface area contributed by atoms with Crippen molar-refractivity contribution in [3.63, 3.8) is 0 Å². The Balaban J connectivity index is 3.71. The lowest BCUT2D eigenvalue weighted by atomic mass is 9.96. The molecular formula is C12H23N3OS. The summed E-state index contributed by atoms with van der Waals surface area (Å²) >= 11 is 1.56. The Bertz CT molecular complexity index is 275. The molecule has 1 atom stereocenters. The highest BCUT2D eigenvalue weighted by molar-refractivity contribution is 7.99. The van der Waals surface area contributed by atoms with Gasteiger partial charge in [0.15, 0.2) is 0 Å².